The summed E-state index contributed by atoms with van der Waals surface area (Å²) >= 11 is 0. The van der Waals surface area contributed by atoms with Gasteiger partial charge in [0.05, 0.1) is 5.56 Å². The van der Waals surface area contributed by atoms with E-state index in [0.29, 0.717) is 0 Å². The summed E-state index contributed by atoms with van der Waals surface area (Å²) in [5, 5.41) is 2.42. The van der Waals surface area contributed by atoms with Crippen molar-refractivity contribution in [1.29, 1.82) is 0 Å². The number of hydrogen-bond donors (Lipinski definition) is 1. The van der Waals surface area contributed by atoms with Gasteiger partial charge in [-0.1, -0.05) is 24.3 Å². The van der Waals surface area contributed by atoms with Gasteiger partial charge in [-0.05, 0) is 24.1 Å². The number of allylic oxidation sites excluding steroid dienone is 1. The lowest BCUT2D eigenvalue weighted by molar-refractivity contribution is -0.137. The first-order valence-corrected chi connectivity index (χ1v) is 7.57. The van der Waals surface area contributed by atoms with Gasteiger partial charge in [-0.3, -0.25) is 9.00 Å². The first-order valence-electron chi connectivity index (χ1n) is 6.26. The maximum absolute atomic E-state index is 12.8. The highest BCUT2D eigenvalue weighted by atomic mass is 32.2. The molecule has 1 heterocycles. The van der Waals surface area contributed by atoms with Crippen molar-refractivity contribution >= 4 is 16.7 Å². The van der Waals surface area contributed by atoms with Gasteiger partial charge in [-0.15, -0.1) is 0 Å². The van der Waals surface area contributed by atoms with E-state index in [4.69, 9.17) is 0 Å². The third-order valence-corrected chi connectivity index (χ3v) is 5.32. The molecule has 0 saturated heterocycles. The van der Waals surface area contributed by atoms with E-state index < -0.39 is 33.2 Å². The molecule has 0 bridgehead atoms. The Morgan fingerprint density at radius 1 is 1.33 bits per heavy atom. The number of amides is 1. The molecule has 3 nitrogen and oxygen atoms in total. The molecule has 21 heavy (non-hydrogen) atoms. The summed E-state index contributed by atoms with van der Waals surface area (Å²) in [6, 6.07) is 4.49. The summed E-state index contributed by atoms with van der Waals surface area (Å²) in [6.07, 6.45) is -1.05. The largest absolute Gasteiger partial charge is 0.416 e. The van der Waals surface area contributed by atoms with Crippen molar-refractivity contribution in [1.82, 2.24) is 5.32 Å². The van der Waals surface area contributed by atoms with Gasteiger partial charge in [0, 0.05) is 23.6 Å². The van der Waals surface area contributed by atoms with Crippen molar-refractivity contribution in [2.24, 2.45) is 0 Å². The van der Waals surface area contributed by atoms with Crippen LogP contribution in [0.4, 0.5) is 13.2 Å². The van der Waals surface area contributed by atoms with Gasteiger partial charge in [-0.2, -0.15) is 13.2 Å². The summed E-state index contributed by atoms with van der Waals surface area (Å²) in [7, 11) is -0.237. The van der Waals surface area contributed by atoms with Crippen molar-refractivity contribution in [3.63, 3.8) is 0 Å². The Balaban J connectivity index is 2.61. The van der Waals surface area contributed by atoms with Crippen LogP contribution in [0, 0.1) is 0 Å². The van der Waals surface area contributed by atoms with E-state index in [1.807, 2.05) is 0 Å². The van der Waals surface area contributed by atoms with Gasteiger partial charge in [0.1, 0.15) is 0 Å². The highest BCUT2D eigenvalue weighted by Gasteiger charge is 2.46. The lowest BCUT2D eigenvalue weighted by atomic mass is 9.91. The normalized spacial score (nSPS) is 25.6. The molecule has 0 aromatic heterocycles. The molecule has 2 rings (SSSR count). The van der Waals surface area contributed by atoms with Crippen molar-refractivity contribution in [3.8, 4) is 0 Å². The summed E-state index contributed by atoms with van der Waals surface area (Å²) in [5.41, 5.74) is -0.728. The van der Waals surface area contributed by atoms with Gasteiger partial charge >= 0.3 is 6.18 Å². The maximum atomic E-state index is 12.8. The van der Waals surface area contributed by atoms with Crippen LogP contribution in [-0.4, -0.2) is 22.9 Å². The minimum absolute atomic E-state index is 0.112. The van der Waals surface area contributed by atoms with Crippen LogP contribution in [-0.2, 0) is 26.5 Å². The Morgan fingerprint density at radius 2 is 2.05 bits per heavy atom. The van der Waals surface area contributed by atoms with Crippen LogP contribution in [0.1, 0.15) is 17.5 Å². The fourth-order valence-corrected chi connectivity index (χ4v) is 3.94. The number of halogens is 3. The number of carbonyl (C=O) groups is 1. The molecule has 0 aliphatic carbocycles. The number of alkyl halides is 3. The van der Waals surface area contributed by atoms with Crippen LogP contribution in [0.3, 0.4) is 0 Å². The first-order chi connectivity index (χ1) is 9.82. The molecule has 0 saturated carbocycles. The quantitative estimate of drug-likeness (QED) is 0.851. The van der Waals surface area contributed by atoms with E-state index >= 15 is 0 Å². The first kappa shape index (κ1) is 15.8. The highest BCUT2D eigenvalue weighted by molar-refractivity contribution is 7.87. The van der Waals surface area contributed by atoms with Crippen LogP contribution in [0.2, 0.25) is 0 Å². The van der Waals surface area contributed by atoms with Gasteiger partial charge in [0.2, 0.25) is 5.91 Å². The second-order valence-corrected chi connectivity index (χ2v) is 6.39. The zero-order valence-corrected chi connectivity index (χ0v) is 12.1. The van der Waals surface area contributed by atoms with E-state index in [9.17, 15) is 22.2 Å². The number of rotatable bonds is 2. The van der Waals surface area contributed by atoms with Gasteiger partial charge < -0.3 is 5.32 Å². The molecular formula is C14H14F3NO2S. The highest BCUT2D eigenvalue weighted by Crippen LogP contribution is 2.38. The van der Waals surface area contributed by atoms with Crippen molar-refractivity contribution in [3.05, 3.63) is 47.5 Å². The standard InChI is InChI=1S/C14H14F3NO2S/c1-18-12(19)13(7-2-3-8-21(13)20)10-5-4-6-11(9-10)14(15,16)17/h2-6,9H,7-8H2,1H3,(H,18,19)/t13-,21-/m1/s1. The molecule has 1 aromatic carbocycles. The molecular weight excluding hydrogens is 303 g/mol. The van der Waals surface area contributed by atoms with Crippen LogP contribution >= 0.6 is 0 Å². The predicted molar refractivity (Wildman–Crippen MR) is 74.0 cm³/mol. The van der Waals surface area contributed by atoms with Crippen LogP contribution in [0.5, 0.6) is 0 Å². The molecule has 2 atom stereocenters. The molecule has 1 aliphatic heterocycles. The molecule has 1 aliphatic rings. The second-order valence-electron chi connectivity index (χ2n) is 4.67. The summed E-state index contributed by atoms with van der Waals surface area (Å²) in [4.78, 5) is 12.2. The van der Waals surface area contributed by atoms with Gasteiger partial charge in [-0.25, -0.2) is 0 Å². The number of likely N-dealkylation sites (N-methyl/N-ethyl adjacent to an activating group) is 1. The van der Waals surface area contributed by atoms with Crippen LogP contribution in [0.15, 0.2) is 36.4 Å². The number of carbonyl (C=O) groups excluding carboxylic acids is 1. The molecule has 0 spiro atoms. The average Bonchev–Trinajstić information content (AvgIpc) is 2.46. The minimum atomic E-state index is -4.51. The van der Waals surface area contributed by atoms with Crippen molar-refractivity contribution in [2.45, 2.75) is 17.3 Å². The third-order valence-electron chi connectivity index (χ3n) is 3.46. The molecule has 1 aromatic rings. The van der Waals surface area contributed by atoms with E-state index in [2.05, 4.69) is 5.32 Å². The molecule has 0 unspecified atom stereocenters. The molecule has 1 amide bonds. The monoisotopic (exact) mass is 317 g/mol. The zero-order valence-electron chi connectivity index (χ0n) is 11.2. The Labute approximate surface area is 122 Å². The van der Waals surface area contributed by atoms with Crippen molar-refractivity contribution < 1.29 is 22.2 Å². The van der Waals surface area contributed by atoms with E-state index in [1.165, 1.54) is 19.2 Å². The summed E-state index contributed by atoms with van der Waals surface area (Å²) in [6.45, 7) is 0. The fraction of sp³-hybridized carbons (Fsp3) is 0.357. The lowest BCUT2D eigenvalue weighted by Gasteiger charge is -2.32. The average molecular weight is 317 g/mol. The minimum Gasteiger partial charge on any atom is -0.358 e. The maximum Gasteiger partial charge on any atom is 0.416 e. The van der Waals surface area contributed by atoms with E-state index in [-0.39, 0.29) is 17.7 Å². The Morgan fingerprint density at radius 3 is 2.62 bits per heavy atom. The van der Waals surface area contributed by atoms with Crippen molar-refractivity contribution in [2.75, 3.05) is 12.8 Å². The van der Waals surface area contributed by atoms with Crippen LogP contribution in [0.25, 0.3) is 0 Å². The second kappa shape index (κ2) is 5.63. The summed E-state index contributed by atoms with van der Waals surface area (Å²) in [5.74, 6) is -0.395. The fourth-order valence-electron chi connectivity index (χ4n) is 2.37. The molecule has 0 radical (unpaired) electrons. The lowest BCUT2D eigenvalue weighted by Crippen LogP contribution is -2.48. The molecule has 7 heteroatoms. The summed E-state index contributed by atoms with van der Waals surface area (Å²) < 4.78 is 49.5. The topological polar surface area (TPSA) is 46.2 Å². The van der Waals surface area contributed by atoms with Gasteiger partial charge in [0.25, 0.3) is 0 Å². The third kappa shape index (κ3) is 2.74. The van der Waals surface area contributed by atoms with Gasteiger partial charge in [0.15, 0.2) is 4.75 Å². The SMILES string of the molecule is CNC(=O)[C@]1(c2cccc(C(F)(F)F)c2)CC=CC[S@]1=O. The van der Waals surface area contributed by atoms with Crippen LogP contribution < -0.4 is 5.32 Å². The van der Waals surface area contributed by atoms with E-state index in [0.717, 1.165) is 12.1 Å². The number of nitrogens with one attached hydrogen (secondary N) is 1. The zero-order chi connectivity index (χ0) is 15.7. The Hall–Kier alpha value is -1.63. The Kier molecular flexibility index (Phi) is 4.22. The molecule has 0 fully saturated rings. The predicted octanol–water partition coefficient (Wildman–Crippen LogP) is 2.36. The number of benzene rings is 1. The smallest absolute Gasteiger partial charge is 0.358 e. The van der Waals surface area contributed by atoms with E-state index in [1.54, 1.807) is 12.2 Å². The Bertz CT molecular complexity index is 612. The molecule has 1 N–H and O–H groups in total. The number of hydrogen-bond acceptors (Lipinski definition) is 2. The molecule has 114 valence electrons.